The van der Waals surface area contributed by atoms with Crippen LogP contribution in [0.25, 0.3) is 0 Å². The zero-order valence-electron chi connectivity index (χ0n) is 15.3. The monoisotopic (exact) mass is 374 g/mol. The van der Waals surface area contributed by atoms with E-state index in [2.05, 4.69) is 41.2 Å². The highest BCUT2D eigenvalue weighted by Crippen LogP contribution is 2.09. The van der Waals surface area contributed by atoms with Gasteiger partial charge < -0.3 is 5.32 Å². The van der Waals surface area contributed by atoms with Gasteiger partial charge >= 0.3 is 0 Å². The van der Waals surface area contributed by atoms with Gasteiger partial charge in [0.15, 0.2) is 0 Å². The second-order valence-corrected chi connectivity index (χ2v) is 8.15. The van der Waals surface area contributed by atoms with Crippen LogP contribution in [0.15, 0.2) is 48.5 Å². The molecule has 0 saturated heterocycles. The highest BCUT2D eigenvalue weighted by molar-refractivity contribution is 7.88. The smallest absolute Gasteiger partial charge is 0.220 e. The molecular weight excluding hydrogens is 348 g/mol. The van der Waals surface area contributed by atoms with Crippen molar-refractivity contribution in [3.63, 3.8) is 0 Å². The lowest BCUT2D eigenvalue weighted by Crippen LogP contribution is -2.23. The topological polar surface area (TPSA) is 75.3 Å². The summed E-state index contributed by atoms with van der Waals surface area (Å²) in [4.78, 5) is 12.0. The SMILES string of the molecule is CCc1ccc(CCC(=O)NCc2ccc(CS(=O)(=O)NC)cc2)cc1. The van der Waals surface area contributed by atoms with E-state index >= 15 is 0 Å². The van der Waals surface area contributed by atoms with Crippen LogP contribution >= 0.6 is 0 Å². The van der Waals surface area contributed by atoms with Crippen molar-refractivity contribution in [2.75, 3.05) is 7.05 Å². The molecule has 0 aromatic heterocycles. The molecule has 2 N–H and O–H groups in total. The van der Waals surface area contributed by atoms with Gasteiger partial charge in [-0.2, -0.15) is 0 Å². The summed E-state index contributed by atoms with van der Waals surface area (Å²) in [6.45, 7) is 2.56. The molecule has 0 bridgehead atoms. The Kier molecular flexibility index (Phi) is 7.36. The zero-order chi connectivity index (χ0) is 19.0. The van der Waals surface area contributed by atoms with Gasteiger partial charge in [-0.1, -0.05) is 55.5 Å². The fraction of sp³-hybridized carbons (Fsp3) is 0.350. The number of hydrogen-bond acceptors (Lipinski definition) is 3. The van der Waals surface area contributed by atoms with Crippen molar-refractivity contribution in [2.45, 2.75) is 38.5 Å². The minimum absolute atomic E-state index is 0.00593. The minimum Gasteiger partial charge on any atom is -0.352 e. The Morgan fingerprint density at radius 2 is 1.42 bits per heavy atom. The third-order valence-electron chi connectivity index (χ3n) is 4.25. The number of carbonyl (C=O) groups excluding carboxylic acids is 1. The fourth-order valence-corrected chi connectivity index (χ4v) is 3.31. The average Bonchev–Trinajstić information content (AvgIpc) is 2.66. The second-order valence-electron chi connectivity index (χ2n) is 6.23. The van der Waals surface area contributed by atoms with Crippen LogP contribution < -0.4 is 10.0 Å². The highest BCUT2D eigenvalue weighted by atomic mass is 32.2. The van der Waals surface area contributed by atoms with Gasteiger partial charge in [0.25, 0.3) is 0 Å². The van der Waals surface area contributed by atoms with Crippen molar-refractivity contribution in [1.82, 2.24) is 10.0 Å². The summed E-state index contributed by atoms with van der Waals surface area (Å²) < 4.78 is 25.3. The van der Waals surface area contributed by atoms with Gasteiger partial charge in [-0.05, 0) is 42.1 Å². The summed E-state index contributed by atoms with van der Waals surface area (Å²) in [5.74, 6) is -0.0427. The molecule has 0 aliphatic heterocycles. The van der Waals surface area contributed by atoms with E-state index in [0.717, 1.165) is 24.0 Å². The first-order valence-corrected chi connectivity index (χ1v) is 10.4. The van der Waals surface area contributed by atoms with Crippen molar-refractivity contribution in [1.29, 1.82) is 0 Å². The van der Waals surface area contributed by atoms with Crippen molar-refractivity contribution in [3.8, 4) is 0 Å². The molecule has 6 heteroatoms. The molecule has 2 aromatic carbocycles. The normalized spacial score (nSPS) is 11.3. The van der Waals surface area contributed by atoms with E-state index in [9.17, 15) is 13.2 Å². The number of carbonyl (C=O) groups is 1. The maximum absolute atomic E-state index is 12.0. The van der Waals surface area contributed by atoms with Crippen molar-refractivity contribution >= 4 is 15.9 Å². The molecule has 0 atom stereocenters. The third kappa shape index (κ3) is 6.61. The minimum atomic E-state index is -3.27. The number of rotatable bonds is 9. The van der Waals surface area contributed by atoms with Gasteiger partial charge in [0.2, 0.25) is 15.9 Å². The lowest BCUT2D eigenvalue weighted by Gasteiger charge is -2.07. The summed E-state index contributed by atoms with van der Waals surface area (Å²) in [6.07, 6.45) is 2.18. The molecule has 26 heavy (non-hydrogen) atoms. The molecule has 2 aromatic rings. The van der Waals surface area contributed by atoms with Crippen LogP contribution in [0.4, 0.5) is 0 Å². The number of benzene rings is 2. The van der Waals surface area contributed by atoms with Crippen LogP contribution in [0, 0.1) is 0 Å². The van der Waals surface area contributed by atoms with E-state index in [-0.39, 0.29) is 11.7 Å². The summed E-state index contributed by atoms with van der Waals surface area (Å²) in [5.41, 5.74) is 4.11. The summed E-state index contributed by atoms with van der Waals surface area (Å²) in [6, 6.07) is 15.6. The number of aryl methyl sites for hydroxylation is 2. The Labute approximate surface area is 155 Å². The maximum atomic E-state index is 12.0. The number of amides is 1. The molecule has 1 amide bonds. The van der Waals surface area contributed by atoms with Gasteiger partial charge in [0.05, 0.1) is 5.75 Å². The third-order valence-corrected chi connectivity index (χ3v) is 5.59. The zero-order valence-corrected chi connectivity index (χ0v) is 16.1. The predicted molar refractivity (Wildman–Crippen MR) is 104 cm³/mol. The molecule has 0 saturated carbocycles. The van der Waals surface area contributed by atoms with Crippen molar-refractivity contribution < 1.29 is 13.2 Å². The van der Waals surface area contributed by atoms with E-state index in [1.54, 1.807) is 12.1 Å². The summed E-state index contributed by atoms with van der Waals surface area (Å²) in [5, 5.41) is 2.90. The van der Waals surface area contributed by atoms with Crippen molar-refractivity contribution in [2.24, 2.45) is 0 Å². The quantitative estimate of drug-likeness (QED) is 0.708. The molecular formula is C20H26N2O3S. The molecule has 0 radical (unpaired) electrons. The van der Waals surface area contributed by atoms with Gasteiger partial charge in [-0.3, -0.25) is 4.79 Å². The molecule has 140 valence electrons. The van der Waals surface area contributed by atoms with Crippen LogP contribution in [0.3, 0.4) is 0 Å². The Morgan fingerprint density at radius 1 is 0.885 bits per heavy atom. The van der Waals surface area contributed by atoms with E-state index in [1.165, 1.54) is 12.6 Å². The Hall–Kier alpha value is -2.18. The Balaban J connectivity index is 1.77. The fourth-order valence-electron chi connectivity index (χ4n) is 2.53. The van der Waals surface area contributed by atoms with Crippen LogP contribution in [0.1, 0.15) is 35.6 Å². The molecule has 0 unspecified atom stereocenters. The number of nitrogens with one attached hydrogen (secondary N) is 2. The van der Waals surface area contributed by atoms with E-state index < -0.39 is 10.0 Å². The van der Waals surface area contributed by atoms with E-state index in [4.69, 9.17) is 0 Å². The largest absolute Gasteiger partial charge is 0.352 e. The van der Waals surface area contributed by atoms with Crippen LogP contribution in [0.2, 0.25) is 0 Å². The average molecular weight is 375 g/mol. The summed E-state index contributed by atoms with van der Waals surface area (Å²) in [7, 11) is -1.87. The lowest BCUT2D eigenvalue weighted by molar-refractivity contribution is -0.121. The molecule has 0 spiro atoms. The van der Waals surface area contributed by atoms with E-state index in [1.807, 2.05) is 12.1 Å². The van der Waals surface area contributed by atoms with Gasteiger partial charge in [-0.15, -0.1) is 0 Å². The molecule has 2 rings (SSSR count). The second kappa shape index (κ2) is 9.50. The first-order chi connectivity index (χ1) is 12.4. The van der Waals surface area contributed by atoms with Gasteiger partial charge in [0, 0.05) is 13.0 Å². The molecule has 0 fully saturated rings. The molecule has 0 heterocycles. The number of sulfonamides is 1. The Morgan fingerprint density at radius 3 is 2.00 bits per heavy atom. The summed E-state index contributed by atoms with van der Waals surface area (Å²) >= 11 is 0. The number of hydrogen-bond donors (Lipinski definition) is 2. The predicted octanol–water partition coefficient (Wildman–Crippen LogP) is 2.55. The van der Waals surface area contributed by atoms with Gasteiger partial charge in [0.1, 0.15) is 0 Å². The van der Waals surface area contributed by atoms with Crippen molar-refractivity contribution in [3.05, 3.63) is 70.8 Å². The van der Waals surface area contributed by atoms with Crippen LogP contribution in [0.5, 0.6) is 0 Å². The van der Waals surface area contributed by atoms with Crippen LogP contribution in [-0.2, 0) is 40.0 Å². The first-order valence-electron chi connectivity index (χ1n) is 8.75. The first kappa shape index (κ1) is 20.1. The Bertz CT molecular complexity index is 813. The molecule has 0 aliphatic carbocycles. The molecule has 5 nitrogen and oxygen atoms in total. The highest BCUT2D eigenvalue weighted by Gasteiger charge is 2.08. The van der Waals surface area contributed by atoms with E-state index in [0.29, 0.717) is 18.5 Å². The lowest BCUT2D eigenvalue weighted by atomic mass is 10.1. The maximum Gasteiger partial charge on any atom is 0.220 e. The molecule has 0 aliphatic rings. The van der Waals surface area contributed by atoms with Crippen LogP contribution in [-0.4, -0.2) is 21.4 Å². The van der Waals surface area contributed by atoms with Gasteiger partial charge in [-0.25, -0.2) is 13.1 Å². The standard InChI is InChI=1S/C20H26N2O3S/c1-3-16-4-6-17(7-5-16)12-13-20(23)22-14-18-8-10-19(11-9-18)15-26(24,25)21-2/h4-11,21H,3,12-15H2,1-2H3,(H,22,23).